The first kappa shape index (κ1) is 39.0. The standard InChI is InChI=1S/C59H43N3O/c1-39-30-58(41-16-5-3-6-17-41)61-37-55(39)53-26-13-11-24-51(53)46-32-45(50-23-10-9-22-49(50)44-28-29-57(60-36-44)43-20-15-21-48(63)35-43)33-47(34-46)52-25-12-14-27-54(52)56-38-62-59(31-40(56)2)42-18-7-4-8-19-42/h3-38,63H,1-2H3. The number of phenols is 1. The van der Waals surface area contributed by atoms with Crippen LogP contribution in [0.4, 0.5) is 0 Å². The third-order valence-electron chi connectivity index (χ3n) is 11.8. The number of aromatic nitrogens is 3. The molecule has 0 fully saturated rings. The zero-order chi connectivity index (χ0) is 42.7. The van der Waals surface area contributed by atoms with Crippen LogP contribution in [0.25, 0.3) is 101 Å². The highest BCUT2D eigenvalue weighted by molar-refractivity contribution is 5.94. The quantitative estimate of drug-likeness (QED) is 0.158. The van der Waals surface area contributed by atoms with Gasteiger partial charge in [-0.25, -0.2) is 0 Å². The highest BCUT2D eigenvalue weighted by atomic mass is 16.3. The molecule has 0 spiro atoms. The normalized spacial score (nSPS) is 11.1. The second kappa shape index (κ2) is 17.0. The van der Waals surface area contributed by atoms with Crippen molar-refractivity contribution in [2.75, 3.05) is 0 Å². The number of nitrogens with zero attached hydrogens (tertiary/aromatic N) is 3. The van der Waals surface area contributed by atoms with E-state index in [9.17, 15) is 5.11 Å². The Bertz CT molecular complexity index is 3100. The number of aryl methyl sites for hydroxylation is 2. The largest absolute Gasteiger partial charge is 0.508 e. The summed E-state index contributed by atoms with van der Waals surface area (Å²) in [5.41, 5.74) is 21.2. The van der Waals surface area contributed by atoms with Gasteiger partial charge in [0.25, 0.3) is 0 Å². The van der Waals surface area contributed by atoms with Gasteiger partial charge >= 0.3 is 0 Å². The smallest absolute Gasteiger partial charge is 0.116 e. The van der Waals surface area contributed by atoms with E-state index in [1.54, 1.807) is 12.1 Å². The summed E-state index contributed by atoms with van der Waals surface area (Å²) in [5, 5.41) is 10.1. The fourth-order valence-corrected chi connectivity index (χ4v) is 8.62. The Balaban J connectivity index is 1.14. The van der Waals surface area contributed by atoms with Crippen LogP contribution >= 0.6 is 0 Å². The molecule has 4 heteroatoms. The van der Waals surface area contributed by atoms with E-state index in [1.807, 2.05) is 48.9 Å². The Morgan fingerprint density at radius 3 is 1.10 bits per heavy atom. The lowest BCUT2D eigenvalue weighted by Gasteiger charge is -2.19. The Morgan fingerprint density at radius 2 is 0.667 bits per heavy atom. The van der Waals surface area contributed by atoms with Crippen LogP contribution in [0.2, 0.25) is 0 Å². The SMILES string of the molecule is Cc1cc(-c2ccccc2)ncc1-c1ccccc1-c1cc(-c2ccccc2-c2ccc(-c3cccc(O)c3)nc2)cc(-c2ccccc2-c2cnc(-c3ccccc3)cc2C)c1. The van der Waals surface area contributed by atoms with Crippen molar-refractivity contribution in [3.05, 3.63) is 230 Å². The molecule has 0 radical (unpaired) electrons. The second-order valence-corrected chi connectivity index (χ2v) is 15.9. The van der Waals surface area contributed by atoms with E-state index in [2.05, 4.69) is 172 Å². The summed E-state index contributed by atoms with van der Waals surface area (Å²) in [7, 11) is 0. The molecule has 0 unspecified atom stereocenters. The van der Waals surface area contributed by atoms with Crippen LogP contribution < -0.4 is 0 Å². The highest BCUT2D eigenvalue weighted by Crippen LogP contribution is 2.43. The fourth-order valence-electron chi connectivity index (χ4n) is 8.62. The monoisotopic (exact) mass is 809 g/mol. The van der Waals surface area contributed by atoms with Gasteiger partial charge in [-0.15, -0.1) is 0 Å². The van der Waals surface area contributed by atoms with Crippen molar-refractivity contribution in [1.82, 2.24) is 15.0 Å². The van der Waals surface area contributed by atoms with E-state index < -0.39 is 0 Å². The first-order chi connectivity index (χ1) is 31.0. The van der Waals surface area contributed by atoms with Crippen molar-refractivity contribution in [1.29, 1.82) is 0 Å². The van der Waals surface area contributed by atoms with Crippen LogP contribution in [0.5, 0.6) is 5.75 Å². The highest BCUT2D eigenvalue weighted by Gasteiger charge is 2.18. The first-order valence-corrected chi connectivity index (χ1v) is 21.2. The van der Waals surface area contributed by atoms with Crippen molar-refractivity contribution in [2.24, 2.45) is 0 Å². The summed E-state index contributed by atoms with van der Waals surface area (Å²) < 4.78 is 0. The second-order valence-electron chi connectivity index (χ2n) is 15.9. The Hall–Kier alpha value is -8.21. The zero-order valence-electron chi connectivity index (χ0n) is 35.1. The van der Waals surface area contributed by atoms with Crippen LogP contribution in [-0.2, 0) is 0 Å². The molecule has 0 saturated heterocycles. The summed E-state index contributed by atoms with van der Waals surface area (Å²) >= 11 is 0. The van der Waals surface area contributed by atoms with Crippen molar-refractivity contribution < 1.29 is 5.11 Å². The molecule has 0 amide bonds. The molecule has 0 aliphatic heterocycles. The minimum Gasteiger partial charge on any atom is -0.508 e. The predicted molar refractivity (Wildman–Crippen MR) is 260 cm³/mol. The minimum atomic E-state index is 0.216. The molecule has 0 aliphatic rings. The van der Waals surface area contributed by atoms with E-state index in [0.717, 1.165) is 112 Å². The maximum absolute atomic E-state index is 10.1. The van der Waals surface area contributed by atoms with E-state index >= 15 is 0 Å². The lowest BCUT2D eigenvalue weighted by molar-refractivity contribution is 0.475. The van der Waals surface area contributed by atoms with E-state index in [0.29, 0.717) is 0 Å². The van der Waals surface area contributed by atoms with E-state index in [-0.39, 0.29) is 5.75 Å². The number of aromatic hydroxyl groups is 1. The topological polar surface area (TPSA) is 58.9 Å². The molecule has 1 N–H and O–H groups in total. The third-order valence-corrected chi connectivity index (χ3v) is 11.8. The lowest BCUT2D eigenvalue weighted by atomic mass is 9.86. The van der Waals surface area contributed by atoms with Gasteiger partial charge in [-0.05, 0) is 124 Å². The van der Waals surface area contributed by atoms with Gasteiger partial charge in [0.1, 0.15) is 5.75 Å². The molecule has 300 valence electrons. The van der Waals surface area contributed by atoms with Gasteiger partial charge in [0, 0.05) is 52.0 Å². The summed E-state index contributed by atoms with van der Waals surface area (Å²) in [6.07, 6.45) is 5.97. The van der Waals surface area contributed by atoms with Gasteiger partial charge < -0.3 is 5.11 Å². The van der Waals surface area contributed by atoms with E-state index in [4.69, 9.17) is 15.0 Å². The van der Waals surface area contributed by atoms with Crippen LogP contribution in [-0.4, -0.2) is 20.1 Å². The number of phenolic OH excluding ortho intramolecular Hbond substituents is 1. The molecule has 4 nitrogen and oxygen atoms in total. The van der Waals surface area contributed by atoms with Gasteiger partial charge in [-0.1, -0.05) is 152 Å². The first-order valence-electron chi connectivity index (χ1n) is 21.2. The van der Waals surface area contributed by atoms with Crippen LogP contribution in [0.1, 0.15) is 11.1 Å². The molecule has 0 aliphatic carbocycles. The molecule has 3 heterocycles. The van der Waals surface area contributed by atoms with Gasteiger partial charge in [0.15, 0.2) is 0 Å². The fraction of sp³-hybridized carbons (Fsp3) is 0.0339. The minimum absolute atomic E-state index is 0.216. The lowest BCUT2D eigenvalue weighted by Crippen LogP contribution is -1.95. The van der Waals surface area contributed by atoms with Gasteiger partial charge in [-0.2, -0.15) is 0 Å². The maximum atomic E-state index is 10.1. The molecule has 10 aromatic rings. The molecular weight excluding hydrogens is 767 g/mol. The Morgan fingerprint density at radius 1 is 0.270 bits per heavy atom. The number of rotatable bonds is 9. The van der Waals surface area contributed by atoms with E-state index in [1.165, 1.54) is 0 Å². The summed E-state index contributed by atoms with van der Waals surface area (Å²) in [5.74, 6) is 0.216. The van der Waals surface area contributed by atoms with Gasteiger partial charge in [0.05, 0.1) is 17.1 Å². The predicted octanol–water partition coefficient (Wildman–Crippen LogP) is 15.2. The number of pyridine rings is 3. The molecule has 63 heavy (non-hydrogen) atoms. The number of hydrogen-bond acceptors (Lipinski definition) is 4. The third kappa shape index (κ3) is 7.94. The van der Waals surface area contributed by atoms with Crippen molar-refractivity contribution >= 4 is 0 Å². The average molecular weight is 810 g/mol. The number of benzene rings is 7. The van der Waals surface area contributed by atoms with Crippen LogP contribution in [0.3, 0.4) is 0 Å². The Kier molecular flexibility index (Phi) is 10.5. The zero-order valence-corrected chi connectivity index (χ0v) is 35.1. The average Bonchev–Trinajstić information content (AvgIpc) is 3.34. The van der Waals surface area contributed by atoms with Gasteiger partial charge in [-0.3, -0.25) is 15.0 Å². The molecule has 10 rings (SSSR count). The van der Waals surface area contributed by atoms with Crippen LogP contribution in [0.15, 0.2) is 219 Å². The van der Waals surface area contributed by atoms with Crippen molar-refractivity contribution in [3.8, 4) is 106 Å². The number of hydrogen-bond donors (Lipinski definition) is 1. The molecule has 3 aromatic heterocycles. The van der Waals surface area contributed by atoms with Crippen molar-refractivity contribution in [2.45, 2.75) is 13.8 Å². The summed E-state index contributed by atoms with van der Waals surface area (Å²) in [6, 6.07) is 69.3. The molecule has 0 atom stereocenters. The Labute approximate surface area is 368 Å². The summed E-state index contributed by atoms with van der Waals surface area (Å²) in [4.78, 5) is 14.8. The van der Waals surface area contributed by atoms with Crippen LogP contribution in [0, 0.1) is 13.8 Å². The molecule has 7 aromatic carbocycles. The molecule has 0 bridgehead atoms. The van der Waals surface area contributed by atoms with Gasteiger partial charge in [0.2, 0.25) is 0 Å². The van der Waals surface area contributed by atoms with Crippen molar-refractivity contribution in [3.63, 3.8) is 0 Å². The molecule has 0 saturated carbocycles. The molecular formula is C59H43N3O. The summed E-state index contributed by atoms with van der Waals surface area (Å²) in [6.45, 7) is 4.35. The maximum Gasteiger partial charge on any atom is 0.116 e.